The van der Waals surface area contributed by atoms with Gasteiger partial charge in [-0.2, -0.15) is 4.31 Å². The third-order valence-electron chi connectivity index (χ3n) is 4.31. The first-order valence-corrected chi connectivity index (χ1v) is 8.61. The molecular formula is C14H22N2O4S. The molecule has 7 heteroatoms. The second-order valence-corrected chi connectivity index (χ2v) is 7.63. The summed E-state index contributed by atoms with van der Waals surface area (Å²) in [6, 6.07) is 0.00530. The maximum atomic E-state index is 12.8. The van der Waals surface area contributed by atoms with E-state index in [1.54, 1.807) is 14.0 Å². The summed E-state index contributed by atoms with van der Waals surface area (Å²) >= 11 is 0. The third kappa shape index (κ3) is 2.85. The molecule has 0 aliphatic heterocycles. The molecule has 0 radical (unpaired) electrons. The molecule has 0 unspecified atom stereocenters. The van der Waals surface area contributed by atoms with E-state index in [0.29, 0.717) is 5.69 Å². The number of carbonyl (C=O) groups is 1. The fourth-order valence-corrected chi connectivity index (χ4v) is 4.94. The molecular weight excluding hydrogens is 292 g/mol. The Labute approximate surface area is 125 Å². The van der Waals surface area contributed by atoms with Crippen molar-refractivity contribution in [1.29, 1.82) is 0 Å². The quantitative estimate of drug-likeness (QED) is 0.892. The number of H-pyrrole nitrogens is 1. The number of aromatic carboxylic acids is 1. The minimum absolute atomic E-state index is 0.00530. The van der Waals surface area contributed by atoms with E-state index in [9.17, 15) is 13.2 Å². The number of carboxylic acids is 1. The number of nitrogens with zero attached hydrogens (tertiary/aromatic N) is 1. The Bertz CT molecular complexity index is 642. The molecule has 0 aromatic carbocycles. The van der Waals surface area contributed by atoms with Gasteiger partial charge < -0.3 is 10.1 Å². The smallest absolute Gasteiger partial charge is 0.352 e. The molecule has 0 saturated heterocycles. The van der Waals surface area contributed by atoms with Gasteiger partial charge in [0.15, 0.2) is 0 Å². The minimum Gasteiger partial charge on any atom is -0.477 e. The zero-order valence-corrected chi connectivity index (χ0v) is 13.5. The highest BCUT2D eigenvalue weighted by molar-refractivity contribution is 7.89. The summed E-state index contributed by atoms with van der Waals surface area (Å²) in [5.74, 6) is -1.14. The van der Waals surface area contributed by atoms with Gasteiger partial charge in [-0.25, -0.2) is 13.2 Å². The molecule has 118 valence electrons. The maximum absolute atomic E-state index is 12.8. The van der Waals surface area contributed by atoms with Crippen molar-refractivity contribution in [2.45, 2.75) is 56.9 Å². The predicted molar refractivity (Wildman–Crippen MR) is 79.0 cm³/mol. The Morgan fingerprint density at radius 2 is 1.81 bits per heavy atom. The van der Waals surface area contributed by atoms with Crippen LogP contribution in [0.3, 0.4) is 0 Å². The van der Waals surface area contributed by atoms with E-state index in [4.69, 9.17) is 5.11 Å². The van der Waals surface area contributed by atoms with Gasteiger partial charge in [-0.15, -0.1) is 0 Å². The second-order valence-electron chi connectivity index (χ2n) is 5.70. The Kier molecular flexibility index (Phi) is 4.43. The van der Waals surface area contributed by atoms with Gasteiger partial charge in [-0.3, -0.25) is 0 Å². The number of sulfonamides is 1. The average Bonchev–Trinajstić information content (AvgIpc) is 2.74. The van der Waals surface area contributed by atoms with Crippen molar-refractivity contribution in [1.82, 2.24) is 9.29 Å². The lowest BCUT2D eigenvalue weighted by molar-refractivity contribution is 0.0690. The summed E-state index contributed by atoms with van der Waals surface area (Å²) in [5.41, 5.74) is 0.610. The fourth-order valence-electron chi connectivity index (χ4n) is 3.12. The Balaban J connectivity index is 2.41. The van der Waals surface area contributed by atoms with Gasteiger partial charge in [0.1, 0.15) is 10.6 Å². The van der Waals surface area contributed by atoms with Crippen LogP contribution >= 0.6 is 0 Å². The first-order chi connectivity index (χ1) is 9.76. The number of aromatic nitrogens is 1. The lowest BCUT2D eigenvalue weighted by atomic mass is 9.96. The number of rotatable bonds is 4. The van der Waals surface area contributed by atoms with Gasteiger partial charge in [0.2, 0.25) is 10.0 Å². The summed E-state index contributed by atoms with van der Waals surface area (Å²) in [7, 11) is -2.08. The first kappa shape index (κ1) is 16.0. The van der Waals surface area contributed by atoms with E-state index in [1.165, 1.54) is 11.2 Å². The largest absolute Gasteiger partial charge is 0.477 e. The fraction of sp³-hybridized carbons (Fsp3) is 0.643. The molecule has 1 aromatic heterocycles. The molecule has 2 N–H and O–H groups in total. The van der Waals surface area contributed by atoms with E-state index in [-0.39, 0.29) is 22.2 Å². The van der Waals surface area contributed by atoms with Crippen molar-refractivity contribution in [2.24, 2.45) is 0 Å². The molecule has 0 amide bonds. The van der Waals surface area contributed by atoms with Crippen molar-refractivity contribution in [3.63, 3.8) is 0 Å². The molecule has 1 saturated carbocycles. The van der Waals surface area contributed by atoms with Crippen LogP contribution in [-0.2, 0) is 10.0 Å². The number of hydrogen-bond acceptors (Lipinski definition) is 3. The van der Waals surface area contributed by atoms with Gasteiger partial charge in [-0.05, 0) is 26.7 Å². The van der Waals surface area contributed by atoms with E-state index in [0.717, 1.165) is 32.1 Å². The zero-order chi connectivity index (χ0) is 15.8. The van der Waals surface area contributed by atoms with Gasteiger partial charge >= 0.3 is 5.97 Å². The number of aryl methyl sites for hydroxylation is 1. The predicted octanol–water partition coefficient (Wildman–Crippen LogP) is 2.28. The monoisotopic (exact) mass is 314 g/mol. The van der Waals surface area contributed by atoms with Crippen LogP contribution < -0.4 is 0 Å². The number of hydrogen-bond donors (Lipinski definition) is 2. The standard InChI is InChI=1S/C14H22N2O4S/c1-9-12(14(17)18)15-10(2)13(9)21(19,20)16(3)11-7-5-4-6-8-11/h11,15H,4-8H2,1-3H3,(H,17,18). The van der Waals surface area contributed by atoms with Gasteiger partial charge in [-0.1, -0.05) is 19.3 Å². The van der Waals surface area contributed by atoms with Crippen LogP contribution in [0, 0.1) is 13.8 Å². The highest BCUT2D eigenvalue weighted by atomic mass is 32.2. The van der Waals surface area contributed by atoms with E-state index >= 15 is 0 Å². The van der Waals surface area contributed by atoms with E-state index in [2.05, 4.69) is 4.98 Å². The highest BCUT2D eigenvalue weighted by Crippen LogP contribution is 2.30. The Morgan fingerprint density at radius 1 is 1.24 bits per heavy atom. The molecule has 1 aliphatic carbocycles. The summed E-state index contributed by atoms with van der Waals surface area (Å²) in [5, 5.41) is 9.12. The van der Waals surface area contributed by atoms with Gasteiger partial charge in [0, 0.05) is 24.3 Å². The Morgan fingerprint density at radius 3 is 2.29 bits per heavy atom. The number of nitrogens with one attached hydrogen (secondary N) is 1. The van der Waals surface area contributed by atoms with Crippen LogP contribution in [0.15, 0.2) is 4.90 Å². The van der Waals surface area contributed by atoms with Crippen molar-refractivity contribution < 1.29 is 18.3 Å². The Hall–Kier alpha value is -1.34. The number of carboxylic acid groups (broad SMARTS) is 1. The highest BCUT2D eigenvalue weighted by Gasteiger charge is 2.33. The zero-order valence-electron chi connectivity index (χ0n) is 12.6. The third-order valence-corrected chi connectivity index (χ3v) is 6.49. The second kappa shape index (κ2) is 5.81. The summed E-state index contributed by atoms with van der Waals surface area (Å²) in [4.78, 5) is 13.9. The SMILES string of the molecule is Cc1[nH]c(C(=O)O)c(C)c1S(=O)(=O)N(C)C1CCCCC1. The lowest BCUT2D eigenvalue weighted by Gasteiger charge is -2.30. The van der Waals surface area contributed by atoms with Crippen molar-refractivity contribution in [3.8, 4) is 0 Å². The van der Waals surface area contributed by atoms with Gasteiger partial charge in [0.05, 0.1) is 0 Å². The molecule has 0 bridgehead atoms. The minimum atomic E-state index is -3.67. The van der Waals surface area contributed by atoms with Crippen LogP contribution in [0.2, 0.25) is 0 Å². The average molecular weight is 314 g/mol. The molecule has 6 nitrogen and oxygen atoms in total. The van der Waals surface area contributed by atoms with Crippen LogP contribution in [0.25, 0.3) is 0 Å². The topological polar surface area (TPSA) is 90.5 Å². The molecule has 0 spiro atoms. The summed E-state index contributed by atoms with van der Waals surface area (Å²) < 4.78 is 27.1. The summed E-state index contributed by atoms with van der Waals surface area (Å²) in [6.45, 7) is 3.13. The van der Waals surface area contributed by atoms with Crippen LogP contribution in [0.1, 0.15) is 53.8 Å². The molecule has 1 aliphatic rings. The number of aromatic amines is 1. The van der Waals surface area contributed by atoms with Crippen molar-refractivity contribution in [2.75, 3.05) is 7.05 Å². The molecule has 2 rings (SSSR count). The lowest BCUT2D eigenvalue weighted by Crippen LogP contribution is -2.38. The van der Waals surface area contributed by atoms with E-state index in [1.807, 2.05) is 0 Å². The van der Waals surface area contributed by atoms with Gasteiger partial charge in [0.25, 0.3) is 0 Å². The molecule has 21 heavy (non-hydrogen) atoms. The van der Waals surface area contributed by atoms with Crippen molar-refractivity contribution >= 4 is 16.0 Å². The molecule has 1 heterocycles. The summed E-state index contributed by atoms with van der Waals surface area (Å²) in [6.07, 6.45) is 4.95. The first-order valence-electron chi connectivity index (χ1n) is 7.17. The van der Waals surface area contributed by atoms with Crippen LogP contribution in [0.5, 0.6) is 0 Å². The molecule has 1 fully saturated rings. The molecule has 0 atom stereocenters. The van der Waals surface area contributed by atoms with Crippen LogP contribution in [0.4, 0.5) is 0 Å². The van der Waals surface area contributed by atoms with Crippen LogP contribution in [-0.4, -0.2) is 41.9 Å². The molecule has 1 aromatic rings. The maximum Gasteiger partial charge on any atom is 0.352 e. The van der Waals surface area contributed by atoms with Crippen molar-refractivity contribution in [3.05, 3.63) is 17.0 Å². The van der Waals surface area contributed by atoms with E-state index < -0.39 is 16.0 Å². The normalized spacial score (nSPS) is 17.3.